The number of imidazole rings is 1. The molecule has 3 nitrogen and oxygen atoms in total. The Balaban J connectivity index is 2.46. The van der Waals surface area contributed by atoms with Gasteiger partial charge in [-0.3, -0.25) is 0 Å². The third-order valence-electron chi connectivity index (χ3n) is 2.58. The van der Waals surface area contributed by atoms with Crippen LogP contribution in [-0.4, -0.2) is 9.55 Å². The summed E-state index contributed by atoms with van der Waals surface area (Å²) >= 11 is 3.54. The van der Waals surface area contributed by atoms with Gasteiger partial charge in [-0.05, 0) is 31.5 Å². The lowest BCUT2D eigenvalue weighted by Crippen LogP contribution is -2.06. The first-order chi connectivity index (χ1) is 7.59. The van der Waals surface area contributed by atoms with E-state index < -0.39 is 0 Å². The highest BCUT2D eigenvalue weighted by molar-refractivity contribution is 9.10. The van der Waals surface area contributed by atoms with Gasteiger partial charge in [-0.25, -0.2) is 4.98 Å². The molecule has 0 bridgehead atoms. The van der Waals surface area contributed by atoms with Crippen molar-refractivity contribution in [3.63, 3.8) is 0 Å². The van der Waals surface area contributed by atoms with Gasteiger partial charge in [-0.1, -0.05) is 22.0 Å². The fourth-order valence-electron chi connectivity index (χ4n) is 1.69. The third kappa shape index (κ3) is 2.03. The van der Waals surface area contributed by atoms with Crippen molar-refractivity contribution in [2.24, 2.45) is 5.73 Å². The number of halogens is 1. The van der Waals surface area contributed by atoms with E-state index in [9.17, 15) is 0 Å². The van der Waals surface area contributed by atoms with Crippen molar-refractivity contribution in [1.82, 2.24) is 9.55 Å². The Morgan fingerprint density at radius 3 is 2.69 bits per heavy atom. The molecule has 0 spiro atoms. The minimum Gasteiger partial charge on any atom is -0.324 e. The van der Waals surface area contributed by atoms with Crippen LogP contribution in [0.2, 0.25) is 0 Å². The Morgan fingerprint density at radius 2 is 2.19 bits per heavy atom. The Labute approximate surface area is 103 Å². The molecule has 0 aliphatic heterocycles. The quantitative estimate of drug-likeness (QED) is 0.919. The molecule has 0 saturated heterocycles. The predicted molar refractivity (Wildman–Crippen MR) is 68.6 cm³/mol. The van der Waals surface area contributed by atoms with E-state index in [2.05, 4.69) is 33.0 Å². The molecule has 1 atom stereocenters. The van der Waals surface area contributed by atoms with Crippen LogP contribution >= 0.6 is 15.9 Å². The van der Waals surface area contributed by atoms with Gasteiger partial charge in [0, 0.05) is 28.6 Å². The maximum atomic E-state index is 5.86. The first-order valence-electron chi connectivity index (χ1n) is 5.15. The van der Waals surface area contributed by atoms with Crippen molar-refractivity contribution in [1.29, 1.82) is 0 Å². The zero-order chi connectivity index (χ0) is 11.7. The van der Waals surface area contributed by atoms with E-state index in [1.165, 1.54) is 0 Å². The summed E-state index contributed by atoms with van der Waals surface area (Å²) in [7, 11) is 0. The standard InChI is InChI=1S/C12H14BrN3/c1-8(14)11-4-3-10(7-12(11)13)16-6-5-15-9(16)2/h3-8H,14H2,1-2H3/t8-/m0/s1. The molecule has 1 aromatic heterocycles. The summed E-state index contributed by atoms with van der Waals surface area (Å²) < 4.78 is 3.07. The number of rotatable bonds is 2. The highest BCUT2D eigenvalue weighted by Crippen LogP contribution is 2.25. The monoisotopic (exact) mass is 279 g/mol. The molecule has 0 unspecified atom stereocenters. The lowest BCUT2D eigenvalue weighted by molar-refractivity contribution is 0.811. The van der Waals surface area contributed by atoms with Crippen molar-refractivity contribution in [3.05, 3.63) is 46.5 Å². The van der Waals surface area contributed by atoms with E-state index in [0.29, 0.717) is 0 Å². The Bertz CT molecular complexity index is 503. The minimum absolute atomic E-state index is 0.0345. The van der Waals surface area contributed by atoms with Crippen LogP contribution in [-0.2, 0) is 0 Å². The molecule has 84 valence electrons. The van der Waals surface area contributed by atoms with Gasteiger partial charge in [-0.15, -0.1) is 0 Å². The molecule has 2 rings (SSSR count). The van der Waals surface area contributed by atoms with Gasteiger partial charge < -0.3 is 10.3 Å². The van der Waals surface area contributed by atoms with Gasteiger partial charge in [0.1, 0.15) is 5.82 Å². The lowest BCUT2D eigenvalue weighted by atomic mass is 10.1. The van der Waals surface area contributed by atoms with Gasteiger partial charge in [0.2, 0.25) is 0 Å². The average Bonchev–Trinajstić information content (AvgIpc) is 2.63. The molecule has 1 heterocycles. The van der Waals surface area contributed by atoms with Gasteiger partial charge in [-0.2, -0.15) is 0 Å². The first-order valence-corrected chi connectivity index (χ1v) is 5.94. The fourth-order valence-corrected chi connectivity index (χ4v) is 2.41. The summed E-state index contributed by atoms with van der Waals surface area (Å²) in [4.78, 5) is 4.20. The van der Waals surface area contributed by atoms with Crippen LogP contribution in [0.4, 0.5) is 0 Å². The molecule has 0 aliphatic rings. The number of nitrogens with zero attached hydrogens (tertiary/aromatic N) is 2. The van der Waals surface area contributed by atoms with E-state index in [4.69, 9.17) is 5.73 Å². The molecule has 0 amide bonds. The maximum absolute atomic E-state index is 5.86. The summed E-state index contributed by atoms with van der Waals surface area (Å²) in [6.07, 6.45) is 3.74. The maximum Gasteiger partial charge on any atom is 0.110 e. The van der Waals surface area contributed by atoms with Crippen LogP contribution in [0.25, 0.3) is 5.69 Å². The topological polar surface area (TPSA) is 43.8 Å². The van der Waals surface area contributed by atoms with E-state index in [1.807, 2.05) is 30.7 Å². The first kappa shape index (κ1) is 11.4. The second-order valence-electron chi connectivity index (χ2n) is 3.84. The molecule has 4 heteroatoms. The van der Waals surface area contributed by atoms with Crippen LogP contribution in [0.5, 0.6) is 0 Å². The number of aromatic nitrogens is 2. The van der Waals surface area contributed by atoms with Gasteiger partial charge in [0.25, 0.3) is 0 Å². The van der Waals surface area contributed by atoms with E-state index in [-0.39, 0.29) is 6.04 Å². The predicted octanol–water partition coefficient (Wildman–Crippen LogP) is 2.96. The molecule has 0 saturated carbocycles. The number of hydrogen-bond donors (Lipinski definition) is 1. The number of benzene rings is 1. The highest BCUT2D eigenvalue weighted by Gasteiger charge is 2.07. The van der Waals surface area contributed by atoms with Crippen molar-refractivity contribution in [2.45, 2.75) is 19.9 Å². The molecule has 16 heavy (non-hydrogen) atoms. The highest BCUT2D eigenvalue weighted by atomic mass is 79.9. The second-order valence-corrected chi connectivity index (χ2v) is 4.69. The number of aryl methyl sites for hydroxylation is 1. The molecule has 0 aliphatic carbocycles. The molecular formula is C12H14BrN3. The van der Waals surface area contributed by atoms with Gasteiger partial charge >= 0.3 is 0 Å². The Morgan fingerprint density at radius 1 is 1.44 bits per heavy atom. The van der Waals surface area contributed by atoms with E-state index in [1.54, 1.807) is 6.20 Å². The smallest absolute Gasteiger partial charge is 0.110 e. The molecule has 0 radical (unpaired) electrons. The van der Waals surface area contributed by atoms with E-state index in [0.717, 1.165) is 21.5 Å². The van der Waals surface area contributed by atoms with Crippen LogP contribution in [0.15, 0.2) is 35.1 Å². The van der Waals surface area contributed by atoms with Crippen molar-refractivity contribution in [3.8, 4) is 5.69 Å². The molecule has 1 aromatic carbocycles. The summed E-state index contributed by atoms with van der Waals surface area (Å²) in [5.74, 6) is 0.973. The molecular weight excluding hydrogens is 266 g/mol. The summed E-state index contributed by atoms with van der Waals surface area (Å²) in [5.41, 5.74) is 8.07. The van der Waals surface area contributed by atoms with Crippen LogP contribution in [0.3, 0.4) is 0 Å². The number of nitrogens with two attached hydrogens (primary N) is 1. The zero-order valence-corrected chi connectivity index (χ0v) is 10.9. The largest absolute Gasteiger partial charge is 0.324 e. The zero-order valence-electron chi connectivity index (χ0n) is 9.31. The van der Waals surface area contributed by atoms with Crippen molar-refractivity contribution in [2.75, 3.05) is 0 Å². The third-order valence-corrected chi connectivity index (χ3v) is 3.27. The van der Waals surface area contributed by atoms with E-state index >= 15 is 0 Å². The SMILES string of the molecule is Cc1nccn1-c1ccc([C@H](C)N)c(Br)c1. The summed E-state index contributed by atoms with van der Waals surface area (Å²) in [5, 5.41) is 0. The van der Waals surface area contributed by atoms with Crippen LogP contribution < -0.4 is 5.73 Å². The van der Waals surface area contributed by atoms with Crippen molar-refractivity contribution >= 4 is 15.9 Å². The second kappa shape index (κ2) is 4.39. The van der Waals surface area contributed by atoms with Crippen LogP contribution in [0, 0.1) is 6.92 Å². The Hall–Kier alpha value is -1.13. The van der Waals surface area contributed by atoms with Gasteiger partial charge in [0.05, 0.1) is 0 Å². The average molecular weight is 280 g/mol. The van der Waals surface area contributed by atoms with Crippen molar-refractivity contribution < 1.29 is 0 Å². The Kier molecular flexibility index (Phi) is 3.12. The fraction of sp³-hybridized carbons (Fsp3) is 0.250. The molecule has 2 N–H and O–H groups in total. The normalized spacial score (nSPS) is 12.8. The lowest BCUT2D eigenvalue weighted by Gasteiger charge is -2.11. The summed E-state index contributed by atoms with van der Waals surface area (Å²) in [6, 6.07) is 6.20. The van der Waals surface area contributed by atoms with Gasteiger partial charge in [0.15, 0.2) is 0 Å². The minimum atomic E-state index is 0.0345. The number of hydrogen-bond acceptors (Lipinski definition) is 2. The molecule has 0 fully saturated rings. The summed E-state index contributed by atoms with van der Waals surface area (Å²) in [6.45, 7) is 3.95. The molecule has 2 aromatic rings. The van der Waals surface area contributed by atoms with Crippen LogP contribution in [0.1, 0.15) is 24.4 Å².